The van der Waals surface area contributed by atoms with E-state index in [2.05, 4.69) is 20.1 Å². The number of aromatic amines is 1. The van der Waals surface area contributed by atoms with Crippen LogP contribution in [0.5, 0.6) is 0 Å². The third kappa shape index (κ3) is 2.01. The molecule has 2 rings (SSSR count). The third-order valence-corrected chi connectivity index (χ3v) is 1.69. The molecule has 2 N–H and O–H groups in total. The normalized spacial score (nSPS) is 10.5. The molecular weight excluding hydrogens is 200 g/mol. The zero-order valence-electron chi connectivity index (χ0n) is 7.89. The molecule has 7 nitrogen and oxygen atoms in total. The van der Waals surface area contributed by atoms with E-state index in [0.29, 0.717) is 5.82 Å². The lowest BCUT2D eigenvalue weighted by Crippen LogP contribution is -1.99. The summed E-state index contributed by atoms with van der Waals surface area (Å²) in [5.41, 5.74) is 0.870. The van der Waals surface area contributed by atoms with Gasteiger partial charge in [-0.3, -0.25) is 4.79 Å². The van der Waals surface area contributed by atoms with Crippen molar-refractivity contribution in [2.24, 2.45) is 0 Å². The van der Waals surface area contributed by atoms with Gasteiger partial charge in [0.2, 0.25) is 11.7 Å². The summed E-state index contributed by atoms with van der Waals surface area (Å²) >= 11 is 0. The predicted octanol–water partition coefficient (Wildman–Crippen LogP) is 0.395. The quantitative estimate of drug-likeness (QED) is 0.756. The number of aliphatic carboxylic acids is 1. The van der Waals surface area contributed by atoms with Crippen LogP contribution < -0.4 is 0 Å². The van der Waals surface area contributed by atoms with E-state index in [9.17, 15) is 4.79 Å². The molecule has 0 atom stereocenters. The number of aromatic nitrogens is 4. The minimum atomic E-state index is -1.01. The summed E-state index contributed by atoms with van der Waals surface area (Å²) in [5, 5.41) is 12.1. The van der Waals surface area contributed by atoms with Crippen molar-refractivity contribution in [2.75, 3.05) is 0 Å². The molecular formula is C8H8N4O3. The van der Waals surface area contributed by atoms with Crippen molar-refractivity contribution >= 4 is 5.97 Å². The van der Waals surface area contributed by atoms with Crippen LogP contribution in [0.25, 0.3) is 11.6 Å². The van der Waals surface area contributed by atoms with Crippen LogP contribution >= 0.6 is 0 Å². The average Bonchev–Trinajstić information content (AvgIpc) is 2.72. The molecule has 15 heavy (non-hydrogen) atoms. The molecule has 0 aliphatic heterocycles. The molecule has 0 aliphatic carbocycles. The molecule has 0 saturated heterocycles. The second-order valence-electron chi connectivity index (χ2n) is 3.00. The highest BCUT2D eigenvalue weighted by atomic mass is 16.5. The number of H-pyrrole nitrogens is 1. The van der Waals surface area contributed by atoms with Gasteiger partial charge in [0.1, 0.15) is 6.42 Å². The molecule has 0 radical (unpaired) electrons. The molecule has 0 spiro atoms. The number of carbonyl (C=O) groups is 1. The molecule has 2 aromatic rings. The number of imidazole rings is 1. The van der Waals surface area contributed by atoms with Crippen LogP contribution in [0.15, 0.2) is 10.7 Å². The summed E-state index contributed by atoms with van der Waals surface area (Å²) in [6.07, 6.45) is 1.34. The maximum absolute atomic E-state index is 10.4. The van der Waals surface area contributed by atoms with E-state index in [1.54, 1.807) is 6.20 Å². The van der Waals surface area contributed by atoms with E-state index in [0.717, 1.165) is 5.69 Å². The Hall–Kier alpha value is -2.18. The van der Waals surface area contributed by atoms with E-state index in [4.69, 9.17) is 9.63 Å². The molecule has 78 valence electrons. The lowest BCUT2D eigenvalue weighted by molar-refractivity contribution is -0.136. The van der Waals surface area contributed by atoms with Crippen molar-refractivity contribution < 1.29 is 14.4 Å². The molecule has 0 aromatic carbocycles. The zero-order chi connectivity index (χ0) is 10.8. The van der Waals surface area contributed by atoms with Gasteiger partial charge in [-0.1, -0.05) is 5.16 Å². The van der Waals surface area contributed by atoms with Gasteiger partial charge in [-0.15, -0.1) is 0 Å². The van der Waals surface area contributed by atoms with E-state index in [-0.39, 0.29) is 18.1 Å². The Labute approximate surface area is 84.2 Å². The molecule has 0 saturated carbocycles. The Morgan fingerprint density at radius 3 is 3.07 bits per heavy atom. The number of nitrogens with one attached hydrogen (secondary N) is 1. The Morgan fingerprint density at radius 1 is 1.67 bits per heavy atom. The molecule has 0 aliphatic rings. The number of carboxylic acids is 1. The first-order valence-corrected chi connectivity index (χ1v) is 4.21. The molecule has 0 fully saturated rings. The van der Waals surface area contributed by atoms with E-state index in [1.807, 2.05) is 6.92 Å². The predicted molar refractivity (Wildman–Crippen MR) is 48.0 cm³/mol. The largest absolute Gasteiger partial charge is 0.481 e. The second kappa shape index (κ2) is 3.52. The number of nitrogens with zero attached hydrogens (tertiary/aromatic N) is 3. The summed E-state index contributed by atoms with van der Waals surface area (Å²) in [4.78, 5) is 21.2. The summed E-state index contributed by atoms with van der Waals surface area (Å²) in [7, 11) is 0. The zero-order valence-corrected chi connectivity index (χ0v) is 7.89. The highest BCUT2D eigenvalue weighted by Gasteiger charge is 2.13. The molecule has 2 heterocycles. The first kappa shape index (κ1) is 9.38. The highest BCUT2D eigenvalue weighted by Crippen LogP contribution is 2.11. The van der Waals surface area contributed by atoms with Crippen LogP contribution in [-0.2, 0) is 11.2 Å². The number of hydrogen-bond donors (Lipinski definition) is 2. The topological polar surface area (TPSA) is 105 Å². The van der Waals surface area contributed by atoms with Crippen molar-refractivity contribution in [1.82, 2.24) is 20.1 Å². The van der Waals surface area contributed by atoms with Gasteiger partial charge in [0.05, 0.1) is 0 Å². The Bertz CT molecular complexity index is 488. The van der Waals surface area contributed by atoms with Crippen molar-refractivity contribution in [2.45, 2.75) is 13.3 Å². The molecule has 0 bridgehead atoms. The number of rotatable bonds is 3. The average molecular weight is 208 g/mol. The lowest BCUT2D eigenvalue weighted by Gasteiger charge is -1.84. The van der Waals surface area contributed by atoms with Crippen molar-refractivity contribution in [1.29, 1.82) is 0 Å². The van der Waals surface area contributed by atoms with Gasteiger partial charge >= 0.3 is 5.97 Å². The summed E-state index contributed by atoms with van der Waals surface area (Å²) in [6, 6.07) is 0. The number of carboxylic acid groups (broad SMARTS) is 1. The van der Waals surface area contributed by atoms with E-state index < -0.39 is 5.97 Å². The summed E-state index contributed by atoms with van der Waals surface area (Å²) in [5.74, 6) is -0.223. The van der Waals surface area contributed by atoms with Crippen molar-refractivity contribution in [3.8, 4) is 11.6 Å². The van der Waals surface area contributed by atoms with Crippen molar-refractivity contribution in [3.63, 3.8) is 0 Å². The Morgan fingerprint density at radius 2 is 2.47 bits per heavy atom. The monoisotopic (exact) mass is 208 g/mol. The Kier molecular flexibility index (Phi) is 2.20. The molecule has 0 amide bonds. The highest BCUT2D eigenvalue weighted by molar-refractivity contribution is 5.68. The SMILES string of the molecule is Cc1cnc(-c2noc(CC(=O)O)n2)[nH]1. The number of hydrogen-bond acceptors (Lipinski definition) is 5. The van der Waals surface area contributed by atoms with E-state index >= 15 is 0 Å². The first-order chi connectivity index (χ1) is 7.15. The third-order valence-electron chi connectivity index (χ3n) is 1.69. The number of aryl methyl sites for hydroxylation is 1. The fraction of sp³-hybridized carbons (Fsp3) is 0.250. The first-order valence-electron chi connectivity index (χ1n) is 4.21. The minimum Gasteiger partial charge on any atom is -0.481 e. The molecule has 2 aromatic heterocycles. The fourth-order valence-corrected chi connectivity index (χ4v) is 1.08. The Balaban J connectivity index is 2.23. The van der Waals surface area contributed by atoms with Crippen LogP contribution in [0, 0.1) is 6.92 Å². The van der Waals surface area contributed by atoms with Gasteiger partial charge in [-0.05, 0) is 6.92 Å². The van der Waals surface area contributed by atoms with Gasteiger partial charge in [0, 0.05) is 11.9 Å². The van der Waals surface area contributed by atoms with E-state index in [1.165, 1.54) is 0 Å². The van der Waals surface area contributed by atoms with Crippen LogP contribution in [0.2, 0.25) is 0 Å². The van der Waals surface area contributed by atoms with Gasteiger partial charge in [-0.25, -0.2) is 4.98 Å². The minimum absolute atomic E-state index is 0.0616. The summed E-state index contributed by atoms with van der Waals surface area (Å²) < 4.78 is 4.74. The van der Waals surface area contributed by atoms with Crippen molar-refractivity contribution in [3.05, 3.63) is 17.8 Å². The fourth-order valence-electron chi connectivity index (χ4n) is 1.08. The lowest BCUT2D eigenvalue weighted by atomic mass is 10.4. The maximum Gasteiger partial charge on any atom is 0.312 e. The van der Waals surface area contributed by atoms with Crippen LogP contribution in [-0.4, -0.2) is 31.2 Å². The smallest absolute Gasteiger partial charge is 0.312 e. The molecule has 0 unspecified atom stereocenters. The summed E-state index contributed by atoms with van der Waals surface area (Å²) in [6.45, 7) is 1.84. The standard InChI is InChI=1S/C8H8N4O3/c1-4-3-9-7(10-4)8-11-5(15-12-8)2-6(13)14/h3H,2H2,1H3,(H,9,10)(H,13,14). The molecule has 7 heteroatoms. The van der Waals surface area contributed by atoms with Gasteiger partial charge in [0.15, 0.2) is 5.82 Å². The van der Waals surface area contributed by atoms with Crippen LogP contribution in [0.1, 0.15) is 11.6 Å². The maximum atomic E-state index is 10.4. The van der Waals surface area contributed by atoms with Gasteiger partial charge < -0.3 is 14.6 Å². The second-order valence-corrected chi connectivity index (χ2v) is 3.00. The van der Waals surface area contributed by atoms with Crippen LogP contribution in [0.3, 0.4) is 0 Å². The van der Waals surface area contributed by atoms with Crippen LogP contribution in [0.4, 0.5) is 0 Å². The van der Waals surface area contributed by atoms with Gasteiger partial charge in [-0.2, -0.15) is 4.98 Å². The van der Waals surface area contributed by atoms with Gasteiger partial charge in [0.25, 0.3) is 0 Å².